The van der Waals surface area contributed by atoms with Crippen LogP contribution in [-0.2, 0) is 11.3 Å². The molecule has 3 heterocycles. The minimum Gasteiger partial charge on any atom is -0.492 e. The number of aromatic nitrogens is 3. The molecule has 2 fully saturated rings. The quantitative estimate of drug-likeness (QED) is 0.788. The van der Waals surface area contributed by atoms with Crippen molar-refractivity contribution >= 4 is 0 Å². The molecule has 2 aromatic rings. The largest absolute Gasteiger partial charge is 0.492 e. The number of morpholine rings is 1. The number of H-pyrrole nitrogens is 1. The first-order valence-corrected chi connectivity index (χ1v) is 10.4. The molecule has 2 saturated heterocycles. The molecule has 0 amide bonds. The van der Waals surface area contributed by atoms with Gasteiger partial charge in [-0.1, -0.05) is 18.2 Å². The Morgan fingerprint density at radius 3 is 2.86 bits per heavy atom. The van der Waals surface area contributed by atoms with E-state index in [0.29, 0.717) is 5.92 Å². The zero-order valence-corrected chi connectivity index (χ0v) is 16.8. The SMILES string of the molecule is Cc1nc([C@@H]2CCCN(Cc3ccccc3OCCN3CCOCC3)C2)n[nH]1. The highest BCUT2D eigenvalue weighted by Crippen LogP contribution is 2.27. The van der Waals surface area contributed by atoms with Gasteiger partial charge in [-0.15, -0.1) is 0 Å². The van der Waals surface area contributed by atoms with Gasteiger partial charge in [0.1, 0.15) is 18.2 Å². The second-order valence-corrected chi connectivity index (χ2v) is 7.76. The van der Waals surface area contributed by atoms with Gasteiger partial charge in [0, 0.05) is 44.2 Å². The zero-order valence-electron chi connectivity index (χ0n) is 16.8. The molecule has 1 atom stereocenters. The number of rotatable bonds is 7. The van der Waals surface area contributed by atoms with Crippen molar-refractivity contribution < 1.29 is 9.47 Å². The predicted octanol–water partition coefficient (Wildman–Crippen LogP) is 2.20. The summed E-state index contributed by atoms with van der Waals surface area (Å²) in [6, 6.07) is 8.44. The van der Waals surface area contributed by atoms with Crippen LogP contribution in [0.2, 0.25) is 0 Å². The van der Waals surface area contributed by atoms with E-state index in [2.05, 4.69) is 49.2 Å². The molecule has 7 heteroatoms. The number of para-hydroxylation sites is 1. The number of likely N-dealkylation sites (tertiary alicyclic amines) is 1. The third-order valence-corrected chi connectivity index (χ3v) is 5.62. The van der Waals surface area contributed by atoms with Gasteiger partial charge in [-0.05, 0) is 32.4 Å². The van der Waals surface area contributed by atoms with E-state index < -0.39 is 0 Å². The highest BCUT2D eigenvalue weighted by molar-refractivity contribution is 5.33. The molecule has 1 aromatic carbocycles. The van der Waals surface area contributed by atoms with Gasteiger partial charge < -0.3 is 9.47 Å². The summed E-state index contributed by atoms with van der Waals surface area (Å²) >= 11 is 0. The Bertz CT molecular complexity index is 744. The van der Waals surface area contributed by atoms with Crippen LogP contribution < -0.4 is 4.74 Å². The van der Waals surface area contributed by atoms with Gasteiger partial charge in [-0.2, -0.15) is 5.10 Å². The molecule has 0 saturated carbocycles. The van der Waals surface area contributed by atoms with Gasteiger partial charge in [0.2, 0.25) is 0 Å². The number of aryl methyl sites for hydroxylation is 1. The van der Waals surface area contributed by atoms with Crippen molar-refractivity contribution in [1.29, 1.82) is 0 Å². The lowest BCUT2D eigenvalue weighted by molar-refractivity contribution is 0.0321. The number of hydrogen-bond acceptors (Lipinski definition) is 6. The van der Waals surface area contributed by atoms with E-state index in [4.69, 9.17) is 9.47 Å². The summed E-state index contributed by atoms with van der Waals surface area (Å²) in [5.41, 5.74) is 1.26. The first-order chi connectivity index (χ1) is 13.8. The molecular weight excluding hydrogens is 354 g/mol. The van der Waals surface area contributed by atoms with Crippen molar-refractivity contribution in [3.05, 3.63) is 41.5 Å². The van der Waals surface area contributed by atoms with Crippen LogP contribution in [0.25, 0.3) is 0 Å². The monoisotopic (exact) mass is 385 g/mol. The van der Waals surface area contributed by atoms with Crippen molar-refractivity contribution in [3.63, 3.8) is 0 Å². The molecule has 7 nitrogen and oxygen atoms in total. The number of ether oxygens (including phenoxy) is 2. The lowest BCUT2D eigenvalue weighted by atomic mass is 9.97. The van der Waals surface area contributed by atoms with E-state index in [1.807, 2.05) is 6.92 Å². The third-order valence-electron chi connectivity index (χ3n) is 5.62. The lowest BCUT2D eigenvalue weighted by Gasteiger charge is -2.32. The van der Waals surface area contributed by atoms with Gasteiger partial charge in [0.25, 0.3) is 0 Å². The third kappa shape index (κ3) is 5.10. The highest BCUT2D eigenvalue weighted by atomic mass is 16.5. The Hall–Kier alpha value is -1.96. The van der Waals surface area contributed by atoms with Gasteiger partial charge >= 0.3 is 0 Å². The number of nitrogens with one attached hydrogen (secondary N) is 1. The Morgan fingerprint density at radius 1 is 1.18 bits per heavy atom. The van der Waals surface area contributed by atoms with Crippen LogP contribution in [0.15, 0.2) is 24.3 Å². The minimum absolute atomic E-state index is 0.410. The van der Waals surface area contributed by atoms with Gasteiger partial charge in [0.15, 0.2) is 5.82 Å². The van der Waals surface area contributed by atoms with Crippen LogP contribution in [-0.4, -0.2) is 77.5 Å². The zero-order chi connectivity index (χ0) is 19.2. The van der Waals surface area contributed by atoms with Crippen molar-refractivity contribution in [2.45, 2.75) is 32.2 Å². The van der Waals surface area contributed by atoms with Crippen molar-refractivity contribution in [1.82, 2.24) is 25.0 Å². The Balaban J connectivity index is 1.32. The van der Waals surface area contributed by atoms with Crippen LogP contribution in [0.4, 0.5) is 0 Å². The number of aromatic amines is 1. The smallest absolute Gasteiger partial charge is 0.155 e. The maximum Gasteiger partial charge on any atom is 0.155 e. The van der Waals surface area contributed by atoms with Crippen LogP contribution in [0.3, 0.4) is 0 Å². The fourth-order valence-corrected chi connectivity index (χ4v) is 4.08. The second-order valence-electron chi connectivity index (χ2n) is 7.76. The molecule has 0 aliphatic carbocycles. The van der Waals surface area contributed by atoms with Gasteiger partial charge in [0.05, 0.1) is 13.2 Å². The first kappa shape index (κ1) is 19.4. The molecule has 28 heavy (non-hydrogen) atoms. The Labute approximate surface area is 167 Å². The standard InChI is InChI=1S/C21H31N5O2/c1-17-22-21(24-23-17)19-6-4-8-26(16-19)15-18-5-2-3-7-20(18)28-14-11-25-9-12-27-13-10-25/h2-3,5,7,19H,4,6,8-16H2,1H3,(H,22,23,24)/t19-/m1/s1. The molecule has 2 aliphatic rings. The number of hydrogen-bond donors (Lipinski definition) is 1. The maximum atomic E-state index is 6.16. The summed E-state index contributed by atoms with van der Waals surface area (Å²) in [7, 11) is 0. The number of benzene rings is 1. The Kier molecular flexibility index (Phi) is 6.57. The van der Waals surface area contributed by atoms with Crippen LogP contribution in [0, 0.1) is 6.92 Å². The van der Waals surface area contributed by atoms with E-state index >= 15 is 0 Å². The lowest BCUT2D eigenvalue weighted by Crippen LogP contribution is -2.38. The van der Waals surface area contributed by atoms with Crippen LogP contribution in [0.1, 0.15) is 36.0 Å². The first-order valence-electron chi connectivity index (χ1n) is 10.4. The van der Waals surface area contributed by atoms with E-state index in [-0.39, 0.29) is 0 Å². The summed E-state index contributed by atoms with van der Waals surface area (Å²) in [5.74, 6) is 3.27. The molecule has 0 spiro atoms. The highest BCUT2D eigenvalue weighted by Gasteiger charge is 2.25. The van der Waals surface area contributed by atoms with Crippen molar-refractivity contribution in [2.75, 3.05) is 52.5 Å². The topological polar surface area (TPSA) is 66.5 Å². The van der Waals surface area contributed by atoms with E-state index in [0.717, 1.165) is 82.9 Å². The molecule has 4 rings (SSSR count). The molecule has 0 bridgehead atoms. The normalized spacial score (nSPS) is 21.7. The molecule has 152 valence electrons. The molecule has 0 radical (unpaired) electrons. The fraction of sp³-hybridized carbons (Fsp3) is 0.619. The molecule has 0 unspecified atom stereocenters. The summed E-state index contributed by atoms with van der Waals surface area (Å²) < 4.78 is 11.6. The van der Waals surface area contributed by atoms with E-state index in [9.17, 15) is 0 Å². The van der Waals surface area contributed by atoms with Crippen molar-refractivity contribution in [2.24, 2.45) is 0 Å². The maximum absolute atomic E-state index is 6.16. The molecule has 1 N–H and O–H groups in total. The average Bonchev–Trinajstić information content (AvgIpc) is 3.17. The second kappa shape index (κ2) is 9.49. The van der Waals surface area contributed by atoms with Gasteiger partial charge in [-0.3, -0.25) is 14.9 Å². The summed E-state index contributed by atoms with van der Waals surface area (Å²) in [5, 5.41) is 7.36. The minimum atomic E-state index is 0.410. The van der Waals surface area contributed by atoms with Crippen LogP contribution >= 0.6 is 0 Å². The number of piperidine rings is 1. The fourth-order valence-electron chi connectivity index (χ4n) is 4.08. The average molecular weight is 386 g/mol. The summed E-state index contributed by atoms with van der Waals surface area (Å²) in [6.45, 7) is 10.3. The summed E-state index contributed by atoms with van der Waals surface area (Å²) in [6.07, 6.45) is 2.34. The van der Waals surface area contributed by atoms with Crippen molar-refractivity contribution in [3.8, 4) is 5.75 Å². The Morgan fingerprint density at radius 2 is 2.04 bits per heavy atom. The predicted molar refractivity (Wildman–Crippen MR) is 108 cm³/mol. The molecular formula is C21H31N5O2. The van der Waals surface area contributed by atoms with Gasteiger partial charge in [-0.25, -0.2) is 4.98 Å². The van der Waals surface area contributed by atoms with Crippen LogP contribution in [0.5, 0.6) is 5.75 Å². The summed E-state index contributed by atoms with van der Waals surface area (Å²) in [4.78, 5) is 9.45. The number of nitrogens with zero attached hydrogens (tertiary/aromatic N) is 4. The van der Waals surface area contributed by atoms with E-state index in [1.54, 1.807) is 0 Å². The molecule has 1 aromatic heterocycles. The molecule has 2 aliphatic heterocycles. The van der Waals surface area contributed by atoms with E-state index in [1.165, 1.54) is 12.0 Å².